The van der Waals surface area contributed by atoms with E-state index >= 15 is 0 Å². The van der Waals surface area contributed by atoms with Gasteiger partial charge in [-0.25, -0.2) is 0 Å². The van der Waals surface area contributed by atoms with Gasteiger partial charge in [-0.15, -0.1) is 0 Å². The Labute approximate surface area is 125 Å². The predicted molar refractivity (Wildman–Crippen MR) is 82.3 cm³/mol. The number of methoxy groups -OCH3 is 1. The zero-order valence-electron chi connectivity index (χ0n) is 12.8. The van der Waals surface area contributed by atoms with Crippen LogP contribution in [0.15, 0.2) is 18.2 Å². The molecular formula is C15H23N3O3. The molecule has 0 unspecified atom stereocenters. The largest absolute Gasteiger partial charge is 0.497 e. The summed E-state index contributed by atoms with van der Waals surface area (Å²) in [7, 11) is 1.54. The molecule has 116 valence electrons. The highest BCUT2D eigenvalue weighted by molar-refractivity contribution is 5.99. The fourth-order valence-electron chi connectivity index (χ4n) is 1.99. The Morgan fingerprint density at radius 3 is 2.48 bits per heavy atom. The van der Waals surface area contributed by atoms with Gasteiger partial charge in [-0.3, -0.25) is 9.59 Å². The number of hydrogen-bond donors (Lipinski definition) is 2. The molecule has 1 aromatic rings. The summed E-state index contributed by atoms with van der Waals surface area (Å²) in [5, 5.41) is 2.70. The number of nitrogens with one attached hydrogen (secondary N) is 1. The molecular weight excluding hydrogens is 270 g/mol. The normalized spacial score (nSPS) is 10.0. The van der Waals surface area contributed by atoms with Crippen LogP contribution in [0.25, 0.3) is 0 Å². The van der Waals surface area contributed by atoms with E-state index in [9.17, 15) is 9.59 Å². The quantitative estimate of drug-likeness (QED) is 0.741. The molecule has 0 aromatic heterocycles. The van der Waals surface area contributed by atoms with E-state index in [1.165, 1.54) is 7.11 Å². The molecule has 21 heavy (non-hydrogen) atoms. The van der Waals surface area contributed by atoms with E-state index in [0.29, 0.717) is 36.6 Å². The van der Waals surface area contributed by atoms with Crippen molar-refractivity contribution in [1.82, 2.24) is 10.2 Å². The van der Waals surface area contributed by atoms with Crippen LogP contribution in [0.3, 0.4) is 0 Å². The topological polar surface area (TPSA) is 84.7 Å². The van der Waals surface area contributed by atoms with Crippen molar-refractivity contribution in [3.63, 3.8) is 0 Å². The Morgan fingerprint density at radius 2 is 1.95 bits per heavy atom. The molecule has 0 aliphatic rings. The summed E-state index contributed by atoms with van der Waals surface area (Å²) in [5.41, 5.74) is 6.53. The number of nitrogens with two attached hydrogens (primary N) is 1. The molecule has 0 aliphatic heterocycles. The van der Waals surface area contributed by atoms with Crippen molar-refractivity contribution in [2.75, 3.05) is 32.5 Å². The average molecular weight is 293 g/mol. The number of nitrogens with zero attached hydrogens (tertiary/aromatic N) is 1. The molecule has 0 saturated carbocycles. The van der Waals surface area contributed by atoms with Crippen LogP contribution in [0.1, 0.15) is 30.6 Å². The van der Waals surface area contributed by atoms with E-state index in [1.54, 1.807) is 23.1 Å². The second kappa shape index (κ2) is 8.14. The number of rotatable bonds is 7. The first kappa shape index (κ1) is 16.8. The Balaban J connectivity index is 2.53. The van der Waals surface area contributed by atoms with Gasteiger partial charge in [0.1, 0.15) is 5.75 Å². The number of carbonyl (C=O) groups excluding carboxylic acids is 2. The molecule has 0 heterocycles. The first-order valence-electron chi connectivity index (χ1n) is 7.02. The minimum absolute atomic E-state index is 0.0306. The zero-order valence-corrected chi connectivity index (χ0v) is 12.8. The Hall–Kier alpha value is -2.24. The van der Waals surface area contributed by atoms with Crippen molar-refractivity contribution >= 4 is 17.5 Å². The van der Waals surface area contributed by atoms with Crippen molar-refractivity contribution in [2.24, 2.45) is 0 Å². The molecule has 6 nitrogen and oxygen atoms in total. The summed E-state index contributed by atoms with van der Waals surface area (Å²) < 4.78 is 5.03. The van der Waals surface area contributed by atoms with Crippen molar-refractivity contribution in [2.45, 2.75) is 20.3 Å². The highest BCUT2D eigenvalue weighted by Crippen LogP contribution is 2.19. The van der Waals surface area contributed by atoms with Gasteiger partial charge in [0.05, 0.1) is 12.7 Å². The fourth-order valence-corrected chi connectivity index (χ4v) is 1.99. The van der Waals surface area contributed by atoms with E-state index in [-0.39, 0.29) is 18.2 Å². The lowest BCUT2D eigenvalue weighted by molar-refractivity contribution is -0.130. The molecule has 6 heteroatoms. The Morgan fingerprint density at radius 1 is 1.29 bits per heavy atom. The van der Waals surface area contributed by atoms with E-state index in [2.05, 4.69) is 5.32 Å². The van der Waals surface area contributed by atoms with Crippen LogP contribution >= 0.6 is 0 Å². The third-order valence-corrected chi connectivity index (χ3v) is 3.24. The van der Waals surface area contributed by atoms with Crippen molar-refractivity contribution in [1.29, 1.82) is 0 Å². The molecule has 0 fully saturated rings. The number of benzene rings is 1. The van der Waals surface area contributed by atoms with Gasteiger partial charge < -0.3 is 20.7 Å². The molecule has 0 atom stereocenters. The molecule has 0 radical (unpaired) electrons. The molecule has 3 N–H and O–H groups in total. The standard InChI is InChI=1S/C15H23N3O3/c1-4-18(5-2)14(19)8-9-17-15(20)12-7-6-11(21-3)10-13(12)16/h6-7,10H,4-5,8-9,16H2,1-3H3,(H,17,20). The monoisotopic (exact) mass is 293 g/mol. The number of anilines is 1. The van der Waals surface area contributed by atoms with Crippen LogP contribution < -0.4 is 15.8 Å². The van der Waals surface area contributed by atoms with E-state index in [0.717, 1.165) is 0 Å². The molecule has 1 rings (SSSR count). The number of amides is 2. The fraction of sp³-hybridized carbons (Fsp3) is 0.467. The summed E-state index contributed by atoms with van der Waals surface area (Å²) in [6.45, 7) is 5.50. The van der Waals surface area contributed by atoms with Gasteiger partial charge in [0.15, 0.2) is 0 Å². The minimum Gasteiger partial charge on any atom is -0.497 e. The SMILES string of the molecule is CCN(CC)C(=O)CCNC(=O)c1ccc(OC)cc1N. The molecule has 0 saturated heterocycles. The van der Waals surface area contributed by atoms with Crippen molar-refractivity contribution in [3.05, 3.63) is 23.8 Å². The van der Waals surface area contributed by atoms with Crippen LogP contribution in [0, 0.1) is 0 Å². The average Bonchev–Trinajstić information content (AvgIpc) is 2.48. The second-order valence-corrected chi connectivity index (χ2v) is 4.53. The first-order chi connectivity index (χ1) is 10.0. The third-order valence-electron chi connectivity index (χ3n) is 3.24. The van der Waals surface area contributed by atoms with Crippen LogP contribution in [0.2, 0.25) is 0 Å². The molecule has 0 aliphatic carbocycles. The van der Waals surface area contributed by atoms with E-state index in [1.807, 2.05) is 13.8 Å². The lowest BCUT2D eigenvalue weighted by atomic mass is 10.1. The lowest BCUT2D eigenvalue weighted by Crippen LogP contribution is -2.34. The number of carbonyl (C=O) groups is 2. The highest BCUT2D eigenvalue weighted by Gasteiger charge is 2.12. The highest BCUT2D eigenvalue weighted by atomic mass is 16.5. The third kappa shape index (κ3) is 4.66. The second-order valence-electron chi connectivity index (χ2n) is 4.53. The van der Waals surface area contributed by atoms with Gasteiger partial charge >= 0.3 is 0 Å². The van der Waals surface area contributed by atoms with Crippen LogP contribution in [0.5, 0.6) is 5.75 Å². The van der Waals surface area contributed by atoms with Gasteiger partial charge in [0.25, 0.3) is 5.91 Å². The summed E-state index contributed by atoms with van der Waals surface area (Å²) >= 11 is 0. The smallest absolute Gasteiger partial charge is 0.253 e. The summed E-state index contributed by atoms with van der Waals surface area (Å²) in [6, 6.07) is 4.87. The van der Waals surface area contributed by atoms with E-state index < -0.39 is 0 Å². The lowest BCUT2D eigenvalue weighted by Gasteiger charge is -2.18. The zero-order chi connectivity index (χ0) is 15.8. The van der Waals surface area contributed by atoms with Gasteiger partial charge in [0, 0.05) is 37.8 Å². The van der Waals surface area contributed by atoms with Gasteiger partial charge in [0.2, 0.25) is 5.91 Å². The number of hydrogen-bond acceptors (Lipinski definition) is 4. The van der Waals surface area contributed by atoms with Gasteiger partial charge in [-0.1, -0.05) is 0 Å². The van der Waals surface area contributed by atoms with Crippen LogP contribution in [-0.2, 0) is 4.79 Å². The maximum atomic E-state index is 12.0. The Kier molecular flexibility index (Phi) is 6.52. The molecule has 0 spiro atoms. The predicted octanol–water partition coefficient (Wildman–Crippen LogP) is 1.27. The van der Waals surface area contributed by atoms with E-state index in [4.69, 9.17) is 10.5 Å². The molecule has 1 aromatic carbocycles. The minimum atomic E-state index is -0.289. The molecule has 0 bridgehead atoms. The summed E-state index contributed by atoms with van der Waals surface area (Å²) in [4.78, 5) is 25.5. The number of ether oxygens (including phenoxy) is 1. The van der Waals surface area contributed by atoms with Crippen LogP contribution in [0.4, 0.5) is 5.69 Å². The summed E-state index contributed by atoms with van der Waals surface area (Å²) in [6.07, 6.45) is 0.281. The maximum absolute atomic E-state index is 12.0. The van der Waals surface area contributed by atoms with Gasteiger partial charge in [-0.2, -0.15) is 0 Å². The van der Waals surface area contributed by atoms with Crippen molar-refractivity contribution in [3.8, 4) is 5.75 Å². The summed E-state index contributed by atoms with van der Waals surface area (Å²) in [5.74, 6) is 0.339. The maximum Gasteiger partial charge on any atom is 0.253 e. The first-order valence-corrected chi connectivity index (χ1v) is 7.02. The number of nitrogen functional groups attached to an aromatic ring is 1. The van der Waals surface area contributed by atoms with Gasteiger partial charge in [-0.05, 0) is 26.0 Å². The Bertz CT molecular complexity index is 499. The molecule has 2 amide bonds. The van der Waals surface area contributed by atoms with Crippen LogP contribution in [-0.4, -0.2) is 43.5 Å². The van der Waals surface area contributed by atoms with Crippen molar-refractivity contribution < 1.29 is 14.3 Å².